The molecular formula is C21H18N2O5. The van der Waals surface area contributed by atoms with E-state index in [1.54, 1.807) is 12.0 Å². The van der Waals surface area contributed by atoms with E-state index in [0.717, 1.165) is 27.8 Å². The number of ether oxygens (including phenoxy) is 4. The Bertz CT molecular complexity index is 1060. The van der Waals surface area contributed by atoms with Gasteiger partial charge in [-0.3, -0.25) is 4.79 Å². The summed E-state index contributed by atoms with van der Waals surface area (Å²) < 4.78 is 21.8. The Morgan fingerprint density at radius 3 is 2.64 bits per heavy atom. The monoisotopic (exact) mass is 378 g/mol. The molecule has 0 saturated heterocycles. The van der Waals surface area contributed by atoms with Crippen LogP contribution < -0.4 is 18.9 Å². The number of carbonyl (C=O) groups excluding carboxylic acids is 1. The summed E-state index contributed by atoms with van der Waals surface area (Å²) in [5, 5.41) is 0.922. The van der Waals surface area contributed by atoms with E-state index in [2.05, 4.69) is 4.98 Å². The van der Waals surface area contributed by atoms with Gasteiger partial charge in [-0.2, -0.15) is 0 Å². The Balaban J connectivity index is 1.46. The van der Waals surface area contributed by atoms with Crippen LogP contribution in [-0.2, 0) is 17.9 Å². The van der Waals surface area contributed by atoms with Crippen LogP contribution in [0.15, 0.2) is 42.5 Å². The van der Waals surface area contributed by atoms with Gasteiger partial charge < -0.3 is 23.8 Å². The summed E-state index contributed by atoms with van der Waals surface area (Å²) in [6, 6.07) is 13.4. The lowest BCUT2D eigenvalue weighted by Gasteiger charge is -2.20. The van der Waals surface area contributed by atoms with E-state index in [-0.39, 0.29) is 19.3 Å². The normalized spacial score (nSPS) is 15.2. The fourth-order valence-corrected chi connectivity index (χ4v) is 3.44. The summed E-state index contributed by atoms with van der Waals surface area (Å²) in [6.45, 7) is 1.10. The Labute approximate surface area is 161 Å². The molecule has 0 saturated carbocycles. The van der Waals surface area contributed by atoms with E-state index in [9.17, 15) is 4.79 Å². The number of benzene rings is 2. The Morgan fingerprint density at radius 1 is 1.07 bits per heavy atom. The molecular weight excluding hydrogens is 360 g/mol. The van der Waals surface area contributed by atoms with E-state index >= 15 is 0 Å². The minimum atomic E-state index is -0.0768. The second-order valence-corrected chi connectivity index (χ2v) is 6.74. The van der Waals surface area contributed by atoms with Gasteiger partial charge in [-0.05, 0) is 29.8 Å². The number of carbonyl (C=O) groups is 1. The van der Waals surface area contributed by atoms with Gasteiger partial charge in [0.15, 0.2) is 18.1 Å². The molecule has 3 aromatic rings. The molecule has 0 fully saturated rings. The van der Waals surface area contributed by atoms with Crippen molar-refractivity contribution in [3.63, 3.8) is 0 Å². The number of amides is 1. The molecule has 1 amide bonds. The first kappa shape index (κ1) is 16.7. The molecule has 3 heterocycles. The Hall–Kier alpha value is -3.48. The van der Waals surface area contributed by atoms with Gasteiger partial charge >= 0.3 is 0 Å². The summed E-state index contributed by atoms with van der Waals surface area (Å²) in [4.78, 5) is 18.9. The molecule has 2 aromatic carbocycles. The summed E-state index contributed by atoms with van der Waals surface area (Å²) in [5.74, 6) is 2.57. The highest BCUT2D eigenvalue weighted by Crippen LogP contribution is 2.37. The smallest absolute Gasteiger partial charge is 0.261 e. The maximum Gasteiger partial charge on any atom is 0.261 e. The fraction of sp³-hybridized carbons (Fsp3) is 0.238. The third kappa shape index (κ3) is 2.94. The van der Waals surface area contributed by atoms with Crippen LogP contribution in [-0.4, -0.2) is 36.3 Å². The number of hydrogen-bond acceptors (Lipinski definition) is 6. The van der Waals surface area contributed by atoms with Gasteiger partial charge in [0.2, 0.25) is 12.7 Å². The number of aromatic nitrogens is 1. The van der Waals surface area contributed by atoms with E-state index in [1.165, 1.54) is 0 Å². The number of methoxy groups -OCH3 is 1. The van der Waals surface area contributed by atoms with Crippen LogP contribution in [0, 0.1) is 0 Å². The molecule has 142 valence electrons. The number of nitrogens with zero attached hydrogens (tertiary/aromatic N) is 2. The summed E-state index contributed by atoms with van der Waals surface area (Å²) in [7, 11) is 1.63. The Kier molecular flexibility index (Phi) is 3.93. The van der Waals surface area contributed by atoms with Crippen molar-refractivity contribution in [1.82, 2.24) is 9.88 Å². The predicted octanol–water partition coefficient (Wildman–Crippen LogP) is 2.89. The van der Waals surface area contributed by atoms with Crippen molar-refractivity contribution in [2.75, 3.05) is 20.5 Å². The van der Waals surface area contributed by atoms with Gasteiger partial charge in [0.1, 0.15) is 5.75 Å². The Morgan fingerprint density at radius 2 is 1.86 bits per heavy atom. The third-order valence-corrected chi connectivity index (χ3v) is 4.93. The van der Waals surface area contributed by atoms with Gasteiger partial charge in [-0.25, -0.2) is 4.98 Å². The van der Waals surface area contributed by atoms with Crippen molar-refractivity contribution in [1.29, 1.82) is 0 Å². The van der Waals surface area contributed by atoms with Crippen molar-refractivity contribution < 1.29 is 23.7 Å². The van der Waals surface area contributed by atoms with Gasteiger partial charge in [0.25, 0.3) is 5.91 Å². The molecule has 0 radical (unpaired) electrons. The molecule has 28 heavy (non-hydrogen) atoms. The lowest BCUT2D eigenvalue weighted by Crippen LogP contribution is -2.31. The molecule has 5 rings (SSSR count). The zero-order chi connectivity index (χ0) is 19.1. The summed E-state index contributed by atoms with van der Waals surface area (Å²) in [6.07, 6.45) is 0. The van der Waals surface area contributed by atoms with Crippen molar-refractivity contribution in [3.05, 3.63) is 53.6 Å². The maximum atomic E-state index is 12.6. The van der Waals surface area contributed by atoms with Crippen LogP contribution >= 0.6 is 0 Å². The number of fused-ring (bicyclic) bond motifs is 3. The highest BCUT2D eigenvalue weighted by atomic mass is 16.7. The third-order valence-electron chi connectivity index (χ3n) is 4.93. The van der Waals surface area contributed by atoms with Crippen molar-refractivity contribution in [2.45, 2.75) is 13.1 Å². The first-order valence-corrected chi connectivity index (χ1v) is 8.96. The van der Waals surface area contributed by atoms with Crippen molar-refractivity contribution >= 4 is 16.8 Å². The molecule has 0 N–H and O–H groups in total. The quantitative estimate of drug-likeness (QED) is 0.698. The summed E-state index contributed by atoms with van der Waals surface area (Å²) >= 11 is 0. The van der Waals surface area contributed by atoms with Crippen molar-refractivity contribution in [2.24, 2.45) is 0 Å². The first-order valence-electron chi connectivity index (χ1n) is 8.96. The minimum Gasteiger partial charge on any atom is -0.497 e. The average molecular weight is 378 g/mol. The predicted molar refractivity (Wildman–Crippen MR) is 101 cm³/mol. The highest BCUT2D eigenvalue weighted by molar-refractivity contribution is 5.85. The van der Waals surface area contributed by atoms with Crippen LogP contribution in [0.2, 0.25) is 0 Å². The summed E-state index contributed by atoms with van der Waals surface area (Å²) in [5.41, 5.74) is 2.64. The zero-order valence-electron chi connectivity index (χ0n) is 15.3. The lowest BCUT2D eigenvalue weighted by molar-refractivity contribution is -0.133. The molecule has 0 bridgehead atoms. The van der Waals surface area contributed by atoms with Gasteiger partial charge in [-0.1, -0.05) is 12.1 Å². The number of pyridine rings is 1. The molecule has 2 aliphatic rings. The van der Waals surface area contributed by atoms with Gasteiger partial charge in [0.05, 0.1) is 19.2 Å². The molecule has 0 atom stereocenters. The van der Waals surface area contributed by atoms with Crippen LogP contribution in [0.1, 0.15) is 11.1 Å². The van der Waals surface area contributed by atoms with E-state index in [4.69, 9.17) is 18.9 Å². The standard InChI is InChI=1S/C21H18N2O5/c1-25-16-4-2-13(3-5-16)9-23-10-15-6-14-7-18-19(28-12-27-18)8-17(14)22-21(15)26-11-20(23)24/h2-8H,9-12H2,1H3. The zero-order valence-corrected chi connectivity index (χ0v) is 15.3. The molecule has 7 heteroatoms. The van der Waals surface area contributed by atoms with Crippen molar-refractivity contribution in [3.8, 4) is 23.1 Å². The van der Waals surface area contributed by atoms with E-state index in [0.29, 0.717) is 30.5 Å². The van der Waals surface area contributed by atoms with Gasteiger partial charge in [0, 0.05) is 23.6 Å². The average Bonchev–Trinajstić information content (AvgIpc) is 3.11. The van der Waals surface area contributed by atoms with Crippen LogP contribution in [0.3, 0.4) is 0 Å². The van der Waals surface area contributed by atoms with Crippen LogP contribution in [0.25, 0.3) is 10.9 Å². The highest BCUT2D eigenvalue weighted by Gasteiger charge is 2.24. The lowest BCUT2D eigenvalue weighted by atomic mass is 10.1. The molecule has 1 aromatic heterocycles. The first-order chi connectivity index (χ1) is 13.7. The van der Waals surface area contributed by atoms with E-state index in [1.807, 2.05) is 42.5 Å². The topological polar surface area (TPSA) is 70.1 Å². The van der Waals surface area contributed by atoms with Gasteiger partial charge in [-0.15, -0.1) is 0 Å². The second kappa shape index (κ2) is 6.60. The largest absolute Gasteiger partial charge is 0.497 e. The SMILES string of the molecule is COc1ccc(CN2Cc3cc4cc5c(cc4nc3OCC2=O)OCO5)cc1. The number of hydrogen-bond donors (Lipinski definition) is 0. The molecule has 0 aliphatic carbocycles. The maximum absolute atomic E-state index is 12.6. The number of rotatable bonds is 3. The molecule has 0 spiro atoms. The molecule has 2 aliphatic heterocycles. The fourth-order valence-electron chi connectivity index (χ4n) is 3.44. The van der Waals surface area contributed by atoms with Crippen LogP contribution in [0.5, 0.6) is 23.1 Å². The molecule has 7 nitrogen and oxygen atoms in total. The minimum absolute atomic E-state index is 0.0355. The second-order valence-electron chi connectivity index (χ2n) is 6.74. The van der Waals surface area contributed by atoms with E-state index < -0.39 is 0 Å². The molecule has 0 unspecified atom stereocenters. The van der Waals surface area contributed by atoms with Crippen LogP contribution in [0.4, 0.5) is 0 Å².